The summed E-state index contributed by atoms with van der Waals surface area (Å²) in [7, 11) is 0. The van der Waals surface area contributed by atoms with Crippen LogP contribution in [0.1, 0.15) is 21.5 Å². The van der Waals surface area contributed by atoms with Crippen molar-refractivity contribution in [2.45, 2.75) is 19.2 Å². The van der Waals surface area contributed by atoms with E-state index >= 15 is 0 Å². The van der Waals surface area contributed by atoms with Gasteiger partial charge in [-0.3, -0.25) is 4.79 Å². The minimum atomic E-state index is -4.85. The fraction of sp³-hybridized carbons (Fsp3) is 0.208. The Morgan fingerprint density at radius 2 is 1.81 bits per heavy atom. The number of rotatable bonds is 8. The fourth-order valence-corrected chi connectivity index (χ4v) is 3.29. The van der Waals surface area contributed by atoms with Gasteiger partial charge in [-0.15, -0.1) is 0 Å². The average molecular weight is 531 g/mol. The third-order valence-electron chi connectivity index (χ3n) is 4.87. The molecule has 0 aliphatic heterocycles. The summed E-state index contributed by atoms with van der Waals surface area (Å²) in [4.78, 5) is 13.0. The number of carbonyl (C=O) groups is 1. The fourth-order valence-electron chi connectivity index (χ4n) is 3.02. The zero-order valence-electron chi connectivity index (χ0n) is 18.6. The Hall–Kier alpha value is -3.41. The van der Waals surface area contributed by atoms with E-state index in [1.54, 1.807) is 0 Å². The number of amides is 1. The number of nitrogens with two attached hydrogens (primary N) is 1. The number of hydrogen-bond acceptors (Lipinski definition) is 5. The molecule has 1 atom stereocenters. The Bertz CT molecular complexity index is 1270. The van der Waals surface area contributed by atoms with Crippen LogP contribution < -0.4 is 20.5 Å². The Balaban J connectivity index is 1.96. The molecule has 0 fully saturated rings. The molecule has 3 aromatic rings. The highest BCUT2D eigenvalue weighted by Crippen LogP contribution is 2.40. The van der Waals surface area contributed by atoms with Crippen molar-refractivity contribution >= 4 is 23.2 Å². The predicted molar refractivity (Wildman–Crippen MR) is 123 cm³/mol. The van der Waals surface area contributed by atoms with Gasteiger partial charge in [0, 0.05) is 18.3 Å². The summed E-state index contributed by atoms with van der Waals surface area (Å²) in [5.74, 6) is -3.09. The zero-order chi connectivity index (χ0) is 26.6. The second kappa shape index (κ2) is 11.1. The van der Waals surface area contributed by atoms with Crippen LogP contribution in [0.2, 0.25) is 5.02 Å². The van der Waals surface area contributed by atoms with Gasteiger partial charge in [-0.2, -0.15) is 13.2 Å². The molecule has 0 radical (unpaired) electrons. The molecule has 1 unspecified atom stereocenters. The molecule has 0 bridgehead atoms. The second-order valence-corrected chi connectivity index (χ2v) is 8.04. The third-order valence-corrected chi connectivity index (χ3v) is 5.18. The predicted octanol–water partition coefficient (Wildman–Crippen LogP) is 5.69. The monoisotopic (exact) mass is 530 g/mol. The number of halogens is 6. The van der Waals surface area contributed by atoms with Crippen LogP contribution in [-0.4, -0.2) is 30.3 Å². The van der Waals surface area contributed by atoms with Crippen LogP contribution in [0.4, 0.5) is 27.6 Å². The lowest BCUT2D eigenvalue weighted by atomic mass is 10.1. The first kappa shape index (κ1) is 27.2. The molecule has 6 nitrogen and oxygen atoms in total. The molecule has 36 heavy (non-hydrogen) atoms. The lowest BCUT2D eigenvalue weighted by Gasteiger charge is -2.17. The maximum absolute atomic E-state index is 14.0. The molecule has 0 saturated carbocycles. The van der Waals surface area contributed by atoms with Crippen LogP contribution in [0.5, 0.6) is 17.2 Å². The topological polar surface area (TPSA) is 93.8 Å². The Labute approximate surface area is 207 Å². The average Bonchev–Trinajstić information content (AvgIpc) is 2.80. The SMILES string of the molecule is Cc1cc(F)ccc1Oc1cc(C(F)(F)F)c(Cl)cc1C(=O)Nc1ccc(F)c(OCC(O)CN)c1. The minimum absolute atomic E-state index is 0.0110. The van der Waals surface area contributed by atoms with Gasteiger partial charge < -0.3 is 25.6 Å². The first-order valence-corrected chi connectivity index (χ1v) is 10.7. The molecular formula is C24H20ClF5N2O4. The van der Waals surface area contributed by atoms with Crippen LogP contribution in [0, 0.1) is 18.6 Å². The Morgan fingerprint density at radius 1 is 1.08 bits per heavy atom. The van der Waals surface area contributed by atoms with Crippen LogP contribution in [-0.2, 0) is 6.18 Å². The second-order valence-electron chi connectivity index (χ2n) is 7.64. The molecule has 0 aromatic heterocycles. The van der Waals surface area contributed by atoms with Crippen molar-refractivity contribution in [3.8, 4) is 17.2 Å². The van der Waals surface area contributed by atoms with Crippen molar-refractivity contribution in [3.05, 3.63) is 81.9 Å². The molecule has 192 valence electrons. The van der Waals surface area contributed by atoms with Gasteiger partial charge in [0.15, 0.2) is 11.6 Å². The molecule has 1 amide bonds. The number of alkyl halides is 3. The van der Waals surface area contributed by atoms with Gasteiger partial charge in [0.2, 0.25) is 0 Å². The summed E-state index contributed by atoms with van der Waals surface area (Å²) < 4.78 is 78.6. The highest BCUT2D eigenvalue weighted by atomic mass is 35.5. The summed E-state index contributed by atoms with van der Waals surface area (Å²) in [6, 6.07) is 8.00. The maximum Gasteiger partial charge on any atom is 0.417 e. The van der Waals surface area contributed by atoms with Crippen molar-refractivity contribution in [2.24, 2.45) is 5.73 Å². The van der Waals surface area contributed by atoms with E-state index in [-0.39, 0.29) is 41.5 Å². The standard InChI is InChI=1S/C24H20ClF5N2O4/c1-12-6-13(26)2-5-20(12)36-21-9-17(24(28,29)30)18(25)8-16(21)23(34)32-14-3-4-19(27)22(7-14)35-11-15(33)10-31/h2-9,15,33H,10-11,31H2,1H3,(H,32,34). The quantitative estimate of drug-likeness (QED) is 0.325. The van der Waals surface area contributed by atoms with E-state index < -0.39 is 46.2 Å². The third kappa shape index (κ3) is 6.62. The summed E-state index contributed by atoms with van der Waals surface area (Å²) in [5, 5.41) is 11.2. The molecule has 3 rings (SSSR count). The maximum atomic E-state index is 14.0. The number of aryl methyl sites for hydroxylation is 1. The van der Waals surface area contributed by atoms with Gasteiger partial charge in [-0.05, 0) is 55.0 Å². The molecular weight excluding hydrogens is 511 g/mol. The molecule has 3 aromatic carbocycles. The normalized spacial score (nSPS) is 12.2. The number of anilines is 1. The van der Waals surface area contributed by atoms with Crippen LogP contribution in [0.3, 0.4) is 0 Å². The smallest absolute Gasteiger partial charge is 0.417 e. The van der Waals surface area contributed by atoms with E-state index in [2.05, 4.69) is 5.32 Å². The highest BCUT2D eigenvalue weighted by Gasteiger charge is 2.35. The van der Waals surface area contributed by atoms with Gasteiger partial charge in [-0.25, -0.2) is 8.78 Å². The largest absolute Gasteiger partial charge is 0.488 e. The van der Waals surface area contributed by atoms with Crippen molar-refractivity contribution < 1.29 is 41.3 Å². The van der Waals surface area contributed by atoms with Gasteiger partial charge in [0.05, 0.1) is 16.1 Å². The van der Waals surface area contributed by atoms with Gasteiger partial charge in [-0.1, -0.05) is 11.6 Å². The Kier molecular flexibility index (Phi) is 8.39. The molecule has 0 aliphatic carbocycles. The molecule has 0 saturated heterocycles. The van der Waals surface area contributed by atoms with Gasteiger partial charge in [0.25, 0.3) is 5.91 Å². The number of carbonyl (C=O) groups excluding carboxylic acids is 1. The van der Waals surface area contributed by atoms with Crippen molar-refractivity contribution in [2.75, 3.05) is 18.5 Å². The van der Waals surface area contributed by atoms with Gasteiger partial charge in [0.1, 0.15) is 30.0 Å². The number of benzene rings is 3. The first-order valence-electron chi connectivity index (χ1n) is 10.4. The van der Waals surface area contributed by atoms with E-state index in [1.165, 1.54) is 19.1 Å². The molecule has 0 aliphatic rings. The number of aliphatic hydroxyl groups excluding tert-OH is 1. The number of ether oxygens (including phenoxy) is 2. The van der Waals surface area contributed by atoms with E-state index in [9.17, 15) is 31.9 Å². The van der Waals surface area contributed by atoms with Crippen LogP contribution in [0.15, 0.2) is 48.5 Å². The lowest BCUT2D eigenvalue weighted by molar-refractivity contribution is -0.137. The zero-order valence-corrected chi connectivity index (χ0v) is 19.4. The first-order chi connectivity index (χ1) is 16.9. The highest BCUT2D eigenvalue weighted by molar-refractivity contribution is 6.32. The Morgan fingerprint density at radius 3 is 2.44 bits per heavy atom. The van der Waals surface area contributed by atoms with E-state index in [0.29, 0.717) is 6.07 Å². The van der Waals surface area contributed by atoms with Crippen molar-refractivity contribution in [1.82, 2.24) is 0 Å². The molecule has 0 heterocycles. The molecule has 4 N–H and O–H groups in total. The summed E-state index contributed by atoms with van der Waals surface area (Å²) in [6.45, 7) is 1.04. The van der Waals surface area contributed by atoms with Crippen LogP contribution in [0.25, 0.3) is 0 Å². The summed E-state index contributed by atoms with van der Waals surface area (Å²) in [5.41, 5.74) is 3.96. The summed E-state index contributed by atoms with van der Waals surface area (Å²) in [6.07, 6.45) is -5.90. The van der Waals surface area contributed by atoms with Crippen molar-refractivity contribution in [3.63, 3.8) is 0 Å². The number of aliphatic hydroxyl groups is 1. The molecule has 0 spiro atoms. The van der Waals surface area contributed by atoms with Crippen LogP contribution >= 0.6 is 11.6 Å². The minimum Gasteiger partial charge on any atom is -0.488 e. The lowest BCUT2D eigenvalue weighted by Crippen LogP contribution is -2.26. The molecule has 12 heteroatoms. The van der Waals surface area contributed by atoms with E-state index in [0.717, 1.165) is 30.3 Å². The number of hydrogen-bond donors (Lipinski definition) is 3. The number of nitrogens with one attached hydrogen (secondary N) is 1. The van der Waals surface area contributed by atoms with Crippen molar-refractivity contribution in [1.29, 1.82) is 0 Å². The van der Waals surface area contributed by atoms with Gasteiger partial charge >= 0.3 is 6.18 Å². The van der Waals surface area contributed by atoms with E-state index in [4.69, 9.17) is 26.8 Å². The summed E-state index contributed by atoms with van der Waals surface area (Å²) >= 11 is 5.81. The van der Waals surface area contributed by atoms with E-state index in [1.807, 2.05) is 0 Å².